The molecule has 0 saturated carbocycles. The second-order valence-corrected chi connectivity index (χ2v) is 6.35. The number of halogens is 1. The van der Waals surface area contributed by atoms with Crippen molar-refractivity contribution in [3.05, 3.63) is 70.5 Å². The van der Waals surface area contributed by atoms with Gasteiger partial charge < -0.3 is 5.73 Å². The summed E-state index contributed by atoms with van der Waals surface area (Å²) in [5, 5.41) is 0. The molecular weight excluding hydrogens is 261 g/mol. The Morgan fingerprint density at radius 2 is 1.62 bits per heavy atom. The molecule has 1 nitrogen and oxygen atoms in total. The molecule has 2 rings (SSSR count). The van der Waals surface area contributed by atoms with Gasteiger partial charge in [0.25, 0.3) is 0 Å². The van der Waals surface area contributed by atoms with Gasteiger partial charge in [-0.1, -0.05) is 57.2 Å². The van der Waals surface area contributed by atoms with E-state index in [1.165, 1.54) is 11.6 Å². The van der Waals surface area contributed by atoms with Gasteiger partial charge in [-0.3, -0.25) is 0 Å². The lowest BCUT2D eigenvalue weighted by Gasteiger charge is -2.24. The maximum Gasteiger partial charge on any atom is 0.126 e. The Hall–Kier alpha value is -1.67. The van der Waals surface area contributed by atoms with E-state index in [1.54, 1.807) is 13.0 Å². The average Bonchev–Trinajstić information content (AvgIpc) is 2.49. The van der Waals surface area contributed by atoms with Crippen LogP contribution in [0.4, 0.5) is 4.39 Å². The summed E-state index contributed by atoms with van der Waals surface area (Å²) >= 11 is 0. The molecule has 2 aromatic rings. The first-order valence-corrected chi connectivity index (χ1v) is 7.47. The summed E-state index contributed by atoms with van der Waals surface area (Å²) in [7, 11) is 0. The van der Waals surface area contributed by atoms with Crippen molar-refractivity contribution in [2.24, 2.45) is 5.73 Å². The molecule has 112 valence electrons. The predicted octanol–water partition coefficient (Wildman–Crippen LogP) is 4.87. The molecule has 0 aliphatic heterocycles. The summed E-state index contributed by atoms with van der Waals surface area (Å²) < 4.78 is 13.7. The van der Waals surface area contributed by atoms with E-state index in [0.29, 0.717) is 5.56 Å². The second kappa shape index (κ2) is 5.98. The molecule has 0 aliphatic carbocycles. The summed E-state index contributed by atoms with van der Waals surface area (Å²) in [4.78, 5) is 0. The van der Waals surface area contributed by atoms with Crippen LogP contribution in [0.5, 0.6) is 0 Å². The van der Waals surface area contributed by atoms with Gasteiger partial charge in [0.15, 0.2) is 0 Å². The Labute approximate surface area is 127 Å². The third kappa shape index (κ3) is 3.33. The number of rotatable bonds is 4. The minimum absolute atomic E-state index is 0.165. The molecule has 1 atom stereocenters. The van der Waals surface area contributed by atoms with Crippen LogP contribution in [0, 0.1) is 12.7 Å². The fraction of sp³-hybridized carbons (Fsp3) is 0.368. The molecule has 0 saturated heterocycles. The van der Waals surface area contributed by atoms with Crippen LogP contribution in [-0.4, -0.2) is 0 Å². The number of aryl methyl sites for hydroxylation is 1. The van der Waals surface area contributed by atoms with E-state index in [4.69, 9.17) is 5.73 Å². The Balaban J connectivity index is 2.27. The third-order valence-electron chi connectivity index (χ3n) is 4.49. The summed E-state index contributed by atoms with van der Waals surface area (Å²) in [5.74, 6) is -0.202. The van der Waals surface area contributed by atoms with Crippen molar-refractivity contribution in [3.63, 3.8) is 0 Å². The van der Waals surface area contributed by atoms with Crippen LogP contribution in [-0.2, 0) is 5.41 Å². The summed E-state index contributed by atoms with van der Waals surface area (Å²) in [5.41, 5.74) is 10.2. The second-order valence-electron chi connectivity index (χ2n) is 6.35. The summed E-state index contributed by atoms with van der Waals surface area (Å²) in [6.45, 7) is 8.41. The highest BCUT2D eigenvalue weighted by atomic mass is 19.1. The smallest absolute Gasteiger partial charge is 0.126 e. The zero-order valence-electron chi connectivity index (χ0n) is 13.3. The van der Waals surface area contributed by atoms with E-state index in [-0.39, 0.29) is 17.3 Å². The van der Waals surface area contributed by atoms with Crippen LogP contribution < -0.4 is 5.73 Å². The van der Waals surface area contributed by atoms with Gasteiger partial charge in [-0.25, -0.2) is 4.39 Å². The van der Waals surface area contributed by atoms with Gasteiger partial charge in [0.05, 0.1) is 6.04 Å². The molecule has 0 spiro atoms. The average molecular weight is 285 g/mol. The number of nitrogens with two attached hydrogens (primary N) is 1. The van der Waals surface area contributed by atoms with E-state index in [9.17, 15) is 4.39 Å². The van der Waals surface area contributed by atoms with Gasteiger partial charge in [-0.05, 0) is 47.1 Å². The number of benzene rings is 2. The van der Waals surface area contributed by atoms with Crippen molar-refractivity contribution >= 4 is 0 Å². The van der Waals surface area contributed by atoms with E-state index in [0.717, 1.165) is 17.5 Å². The van der Waals surface area contributed by atoms with Crippen molar-refractivity contribution in [2.75, 3.05) is 0 Å². The lowest BCUT2D eigenvalue weighted by atomic mass is 9.81. The third-order valence-corrected chi connectivity index (χ3v) is 4.49. The van der Waals surface area contributed by atoms with Crippen LogP contribution in [0.3, 0.4) is 0 Å². The summed E-state index contributed by atoms with van der Waals surface area (Å²) in [6, 6.07) is 13.3. The minimum Gasteiger partial charge on any atom is -0.320 e. The highest BCUT2D eigenvalue weighted by Gasteiger charge is 2.18. The molecule has 0 radical (unpaired) electrons. The topological polar surface area (TPSA) is 26.0 Å². The van der Waals surface area contributed by atoms with E-state index >= 15 is 0 Å². The van der Waals surface area contributed by atoms with Gasteiger partial charge in [-0.2, -0.15) is 0 Å². The van der Waals surface area contributed by atoms with Crippen molar-refractivity contribution in [1.82, 2.24) is 0 Å². The zero-order valence-corrected chi connectivity index (χ0v) is 13.3. The fourth-order valence-electron chi connectivity index (χ4n) is 2.34. The normalized spacial score (nSPS) is 13.2. The monoisotopic (exact) mass is 285 g/mol. The highest BCUT2D eigenvalue weighted by Crippen LogP contribution is 2.28. The molecule has 0 aromatic heterocycles. The largest absolute Gasteiger partial charge is 0.320 e. The number of hydrogen-bond donors (Lipinski definition) is 1. The summed E-state index contributed by atoms with van der Waals surface area (Å²) in [6.07, 6.45) is 1.08. The molecule has 21 heavy (non-hydrogen) atoms. The Morgan fingerprint density at radius 1 is 1.05 bits per heavy atom. The van der Waals surface area contributed by atoms with Gasteiger partial charge >= 0.3 is 0 Å². The van der Waals surface area contributed by atoms with Gasteiger partial charge in [0, 0.05) is 0 Å². The predicted molar refractivity (Wildman–Crippen MR) is 86.9 cm³/mol. The zero-order chi connectivity index (χ0) is 15.6. The van der Waals surface area contributed by atoms with E-state index < -0.39 is 0 Å². The SMILES string of the molecule is CCC(C)(C)c1ccc(C(N)c2ccc(C)c(F)c2)cc1. The maximum atomic E-state index is 13.7. The fourth-order valence-corrected chi connectivity index (χ4v) is 2.34. The van der Waals surface area contributed by atoms with Crippen LogP contribution in [0.15, 0.2) is 42.5 Å². The van der Waals surface area contributed by atoms with Gasteiger partial charge in [0.2, 0.25) is 0 Å². The Kier molecular flexibility index (Phi) is 4.48. The van der Waals surface area contributed by atoms with E-state index in [2.05, 4.69) is 45.0 Å². The van der Waals surface area contributed by atoms with Crippen LogP contribution in [0.1, 0.15) is 55.5 Å². The maximum absolute atomic E-state index is 13.7. The van der Waals surface area contributed by atoms with Crippen molar-refractivity contribution in [3.8, 4) is 0 Å². The molecule has 2 aromatic carbocycles. The first-order chi connectivity index (χ1) is 9.85. The van der Waals surface area contributed by atoms with Crippen molar-refractivity contribution in [2.45, 2.75) is 45.6 Å². The van der Waals surface area contributed by atoms with Crippen LogP contribution in [0.2, 0.25) is 0 Å². The first-order valence-electron chi connectivity index (χ1n) is 7.47. The molecule has 0 fully saturated rings. The standard InChI is InChI=1S/C19H24FN/c1-5-19(3,4)16-10-8-14(9-11-16)18(21)15-7-6-13(2)17(20)12-15/h6-12,18H,5,21H2,1-4H3. The van der Waals surface area contributed by atoms with Gasteiger partial charge in [0.1, 0.15) is 5.82 Å². The van der Waals surface area contributed by atoms with E-state index in [1.807, 2.05) is 6.07 Å². The molecule has 2 heteroatoms. The van der Waals surface area contributed by atoms with Crippen molar-refractivity contribution in [1.29, 1.82) is 0 Å². The first kappa shape index (κ1) is 15.7. The molecule has 0 amide bonds. The van der Waals surface area contributed by atoms with Crippen LogP contribution >= 0.6 is 0 Å². The lowest BCUT2D eigenvalue weighted by molar-refractivity contribution is 0.506. The minimum atomic E-state index is -0.293. The molecule has 0 bridgehead atoms. The quantitative estimate of drug-likeness (QED) is 0.852. The molecule has 0 heterocycles. The van der Waals surface area contributed by atoms with Gasteiger partial charge in [-0.15, -0.1) is 0 Å². The highest BCUT2D eigenvalue weighted by molar-refractivity contribution is 5.36. The molecule has 1 unspecified atom stereocenters. The lowest BCUT2D eigenvalue weighted by Crippen LogP contribution is -2.16. The van der Waals surface area contributed by atoms with Crippen LogP contribution in [0.25, 0.3) is 0 Å². The number of hydrogen-bond acceptors (Lipinski definition) is 1. The Morgan fingerprint density at radius 3 is 2.14 bits per heavy atom. The molecule has 0 aliphatic rings. The molecule has 2 N–H and O–H groups in total. The Bertz CT molecular complexity index is 614. The van der Waals surface area contributed by atoms with Crippen molar-refractivity contribution < 1.29 is 4.39 Å². The molecular formula is C19H24FN.